The number of hydrogen-bond acceptors (Lipinski definition) is 1. The van der Waals surface area contributed by atoms with Crippen LogP contribution in [0, 0.1) is 0 Å². The van der Waals surface area contributed by atoms with E-state index >= 15 is 0 Å². The van der Waals surface area contributed by atoms with Crippen LogP contribution in [0.25, 0.3) is 0 Å². The number of nitrogens with one attached hydrogen (secondary N) is 1. The molecule has 1 aromatic rings. The highest BCUT2D eigenvalue weighted by Gasteiger charge is 2.09. The summed E-state index contributed by atoms with van der Waals surface area (Å²) in [6.45, 7) is 2.00. The van der Waals surface area contributed by atoms with Gasteiger partial charge < -0.3 is 5.32 Å². The fourth-order valence-electron chi connectivity index (χ4n) is 1.55. The summed E-state index contributed by atoms with van der Waals surface area (Å²) >= 11 is 6.79. The predicted octanol–water partition coefficient (Wildman–Crippen LogP) is 4.19. The number of benzene rings is 1. The molecule has 17 heavy (non-hydrogen) atoms. The second-order valence-corrected chi connectivity index (χ2v) is 5.70. The molecule has 1 aromatic carbocycles. The molecule has 1 unspecified atom stereocenters. The van der Waals surface area contributed by atoms with Crippen molar-refractivity contribution in [1.82, 2.24) is 5.32 Å². The van der Waals surface area contributed by atoms with Gasteiger partial charge in [0.25, 0.3) is 0 Å². The topological polar surface area (TPSA) is 29.1 Å². The standard InChI is InChI=1S/C13H17Br2NO/c1-10(11-5-4-6-12(15)9-11)16-13(17)7-2-3-8-14/h4-6,9-10H,2-3,7-8H2,1H3,(H,16,17). The van der Waals surface area contributed by atoms with Crippen LogP contribution in [0.2, 0.25) is 0 Å². The Hall–Kier alpha value is -0.350. The number of alkyl halides is 1. The molecule has 1 amide bonds. The molecule has 1 atom stereocenters. The SMILES string of the molecule is CC(NC(=O)CCCCBr)c1cccc(Br)c1. The molecule has 0 aromatic heterocycles. The molecule has 1 rings (SSSR count). The highest BCUT2D eigenvalue weighted by molar-refractivity contribution is 9.10. The van der Waals surface area contributed by atoms with E-state index in [9.17, 15) is 4.79 Å². The fourth-order valence-corrected chi connectivity index (χ4v) is 2.37. The summed E-state index contributed by atoms with van der Waals surface area (Å²) in [7, 11) is 0. The van der Waals surface area contributed by atoms with Gasteiger partial charge in [0.15, 0.2) is 0 Å². The Kier molecular flexibility index (Phi) is 6.82. The Morgan fingerprint density at radius 3 is 2.82 bits per heavy atom. The van der Waals surface area contributed by atoms with Crippen LogP contribution in [-0.2, 0) is 4.79 Å². The maximum Gasteiger partial charge on any atom is 0.220 e. The van der Waals surface area contributed by atoms with Crippen molar-refractivity contribution in [3.05, 3.63) is 34.3 Å². The molecule has 94 valence electrons. The monoisotopic (exact) mass is 361 g/mol. The molecule has 0 saturated heterocycles. The Morgan fingerprint density at radius 2 is 2.18 bits per heavy atom. The average molecular weight is 363 g/mol. The normalized spacial score (nSPS) is 12.2. The van der Waals surface area contributed by atoms with Gasteiger partial charge in [-0.3, -0.25) is 4.79 Å². The van der Waals surface area contributed by atoms with Crippen molar-refractivity contribution in [2.45, 2.75) is 32.2 Å². The lowest BCUT2D eigenvalue weighted by atomic mass is 10.1. The lowest BCUT2D eigenvalue weighted by Crippen LogP contribution is -2.26. The van der Waals surface area contributed by atoms with Gasteiger partial charge >= 0.3 is 0 Å². The zero-order valence-electron chi connectivity index (χ0n) is 9.88. The van der Waals surface area contributed by atoms with E-state index in [1.807, 2.05) is 31.2 Å². The van der Waals surface area contributed by atoms with Crippen LogP contribution in [0.3, 0.4) is 0 Å². The molecular weight excluding hydrogens is 346 g/mol. The first-order valence-corrected chi connectivity index (χ1v) is 7.65. The number of unbranched alkanes of at least 4 members (excludes halogenated alkanes) is 1. The van der Waals surface area contributed by atoms with Crippen LogP contribution in [0.15, 0.2) is 28.7 Å². The van der Waals surface area contributed by atoms with Crippen molar-refractivity contribution in [3.63, 3.8) is 0 Å². The van der Waals surface area contributed by atoms with Crippen LogP contribution < -0.4 is 5.32 Å². The third kappa shape index (κ3) is 5.68. The van der Waals surface area contributed by atoms with Crippen molar-refractivity contribution in [1.29, 1.82) is 0 Å². The summed E-state index contributed by atoms with van der Waals surface area (Å²) in [6.07, 6.45) is 2.57. The molecule has 1 N–H and O–H groups in total. The summed E-state index contributed by atoms with van der Waals surface area (Å²) in [5.41, 5.74) is 1.12. The molecule has 2 nitrogen and oxygen atoms in total. The molecule has 0 radical (unpaired) electrons. The number of amides is 1. The number of carbonyl (C=O) groups excluding carboxylic acids is 1. The summed E-state index contributed by atoms with van der Waals surface area (Å²) in [5.74, 6) is 0.124. The van der Waals surface area contributed by atoms with Gasteiger partial charge in [0.1, 0.15) is 0 Å². The highest BCUT2D eigenvalue weighted by Crippen LogP contribution is 2.17. The third-order valence-electron chi connectivity index (χ3n) is 2.51. The molecule has 0 aliphatic heterocycles. The van der Waals surface area contributed by atoms with Crippen molar-refractivity contribution in [3.8, 4) is 0 Å². The van der Waals surface area contributed by atoms with E-state index in [1.54, 1.807) is 0 Å². The van der Waals surface area contributed by atoms with Crippen LogP contribution in [0.4, 0.5) is 0 Å². The van der Waals surface area contributed by atoms with E-state index in [2.05, 4.69) is 37.2 Å². The van der Waals surface area contributed by atoms with Gasteiger partial charge in [-0.25, -0.2) is 0 Å². The van der Waals surface area contributed by atoms with Crippen molar-refractivity contribution in [2.75, 3.05) is 5.33 Å². The van der Waals surface area contributed by atoms with E-state index in [0.29, 0.717) is 6.42 Å². The minimum Gasteiger partial charge on any atom is -0.350 e. The van der Waals surface area contributed by atoms with Crippen LogP contribution in [0.1, 0.15) is 37.8 Å². The Balaban J connectivity index is 2.43. The minimum atomic E-state index is 0.0592. The molecule has 4 heteroatoms. The first kappa shape index (κ1) is 14.7. The van der Waals surface area contributed by atoms with Gasteiger partial charge in [-0.2, -0.15) is 0 Å². The predicted molar refractivity (Wildman–Crippen MR) is 78.3 cm³/mol. The van der Waals surface area contributed by atoms with Gasteiger partial charge in [-0.05, 0) is 37.5 Å². The number of carbonyl (C=O) groups is 1. The summed E-state index contributed by atoms with van der Waals surface area (Å²) < 4.78 is 1.04. The van der Waals surface area contributed by atoms with E-state index in [1.165, 1.54) is 0 Å². The molecule has 0 heterocycles. The minimum absolute atomic E-state index is 0.0592. The number of rotatable bonds is 6. The van der Waals surface area contributed by atoms with Gasteiger partial charge in [0.05, 0.1) is 6.04 Å². The Bertz CT molecular complexity index is 368. The van der Waals surface area contributed by atoms with Crippen molar-refractivity contribution >= 4 is 37.8 Å². The van der Waals surface area contributed by atoms with E-state index < -0.39 is 0 Å². The molecular formula is C13H17Br2NO. The summed E-state index contributed by atoms with van der Waals surface area (Å²) in [5, 5.41) is 3.97. The van der Waals surface area contributed by atoms with E-state index in [4.69, 9.17) is 0 Å². The van der Waals surface area contributed by atoms with Gasteiger partial charge in [0, 0.05) is 16.2 Å². The van der Waals surface area contributed by atoms with Crippen molar-refractivity contribution in [2.24, 2.45) is 0 Å². The molecule has 0 fully saturated rings. The quantitative estimate of drug-likeness (QED) is 0.596. The maximum absolute atomic E-state index is 11.6. The van der Waals surface area contributed by atoms with Gasteiger partial charge in [-0.1, -0.05) is 44.0 Å². The van der Waals surface area contributed by atoms with Gasteiger partial charge in [0.2, 0.25) is 5.91 Å². The summed E-state index contributed by atoms with van der Waals surface area (Å²) in [6, 6.07) is 8.07. The second kappa shape index (κ2) is 7.88. The lowest BCUT2D eigenvalue weighted by Gasteiger charge is -2.14. The molecule has 0 spiro atoms. The average Bonchev–Trinajstić information content (AvgIpc) is 2.29. The zero-order chi connectivity index (χ0) is 12.7. The first-order chi connectivity index (χ1) is 8.13. The Morgan fingerprint density at radius 1 is 1.41 bits per heavy atom. The smallest absolute Gasteiger partial charge is 0.220 e. The fraction of sp³-hybridized carbons (Fsp3) is 0.462. The van der Waals surface area contributed by atoms with Crippen molar-refractivity contribution < 1.29 is 4.79 Å². The molecule has 0 aliphatic rings. The van der Waals surface area contributed by atoms with Crippen LogP contribution in [-0.4, -0.2) is 11.2 Å². The van der Waals surface area contributed by atoms with Crippen LogP contribution in [0.5, 0.6) is 0 Å². The first-order valence-electron chi connectivity index (χ1n) is 5.74. The third-order valence-corrected chi connectivity index (χ3v) is 3.57. The van der Waals surface area contributed by atoms with E-state index in [0.717, 1.165) is 28.2 Å². The maximum atomic E-state index is 11.6. The summed E-state index contributed by atoms with van der Waals surface area (Å²) in [4.78, 5) is 11.6. The molecule has 0 aliphatic carbocycles. The Labute approximate surface area is 119 Å². The second-order valence-electron chi connectivity index (χ2n) is 3.99. The lowest BCUT2D eigenvalue weighted by molar-refractivity contribution is -0.121. The highest BCUT2D eigenvalue weighted by atomic mass is 79.9. The molecule has 0 bridgehead atoms. The van der Waals surface area contributed by atoms with Crippen LogP contribution >= 0.6 is 31.9 Å². The van der Waals surface area contributed by atoms with Gasteiger partial charge in [-0.15, -0.1) is 0 Å². The number of halogens is 2. The largest absolute Gasteiger partial charge is 0.350 e. The molecule has 0 saturated carbocycles. The number of hydrogen-bond donors (Lipinski definition) is 1. The van der Waals surface area contributed by atoms with E-state index in [-0.39, 0.29) is 11.9 Å². The zero-order valence-corrected chi connectivity index (χ0v) is 13.1.